The number of carbonyl (C=O) groups is 1. The van der Waals surface area contributed by atoms with Gasteiger partial charge >= 0.3 is 5.97 Å². The number of carbonyl (C=O) groups excluding carboxylic acids is 1. The maximum atomic E-state index is 11.8. The molecular formula is C12H12N2O2S. The van der Waals surface area contributed by atoms with Gasteiger partial charge in [0.1, 0.15) is 0 Å². The molecule has 0 fully saturated rings. The van der Waals surface area contributed by atoms with E-state index >= 15 is 0 Å². The molecule has 1 N–H and O–H groups in total. The van der Waals surface area contributed by atoms with Gasteiger partial charge < -0.3 is 9.72 Å². The van der Waals surface area contributed by atoms with Crippen molar-refractivity contribution < 1.29 is 9.53 Å². The molecule has 1 aromatic carbocycles. The molecule has 0 radical (unpaired) electrons. The second-order valence-electron chi connectivity index (χ2n) is 3.37. The van der Waals surface area contributed by atoms with Crippen LogP contribution in [0.15, 0.2) is 36.7 Å². The second kappa shape index (κ2) is 4.97. The summed E-state index contributed by atoms with van der Waals surface area (Å²) in [7, 11) is 0. The van der Waals surface area contributed by atoms with Gasteiger partial charge in [0.05, 0.1) is 17.9 Å². The largest absolute Gasteiger partial charge is 0.462 e. The van der Waals surface area contributed by atoms with E-state index in [0.29, 0.717) is 16.9 Å². The van der Waals surface area contributed by atoms with Crippen molar-refractivity contribution in [2.75, 3.05) is 6.61 Å². The number of hydrogen-bond donors (Lipinski definition) is 1. The summed E-state index contributed by atoms with van der Waals surface area (Å²) in [5.41, 5.74) is 1.22. The Bertz CT molecular complexity index is 586. The molecule has 0 saturated carbocycles. The van der Waals surface area contributed by atoms with Crippen LogP contribution >= 0.6 is 12.2 Å². The summed E-state index contributed by atoms with van der Waals surface area (Å²) in [6.07, 6.45) is 3.50. The SMILES string of the molecule is CCOC(=O)c1ccccc1-n1cc[nH]c1=S. The Balaban J connectivity index is 2.52. The molecule has 17 heavy (non-hydrogen) atoms. The average molecular weight is 248 g/mol. The number of para-hydroxylation sites is 1. The molecule has 2 aromatic rings. The number of hydrogen-bond acceptors (Lipinski definition) is 3. The summed E-state index contributed by atoms with van der Waals surface area (Å²) >= 11 is 5.13. The van der Waals surface area contributed by atoms with Crippen molar-refractivity contribution >= 4 is 18.2 Å². The number of benzene rings is 1. The van der Waals surface area contributed by atoms with Crippen LogP contribution in [-0.2, 0) is 4.74 Å². The lowest BCUT2D eigenvalue weighted by Crippen LogP contribution is -2.09. The monoisotopic (exact) mass is 248 g/mol. The number of imidazole rings is 1. The molecule has 0 unspecified atom stereocenters. The van der Waals surface area contributed by atoms with Crippen molar-refractivity contribution in [2.24, 2.45) is 0 Å². The topological polar surface area (TPSA) is 47.0 Å². The van der Waals surface area contributed by atoms with E-state index in [1.165, 1.54) is 0 Å². The van der Waals surface area contributed by atoms with Gasteiger partial charge in [-0.1, -0.05) is 12.1 Å². The van der Waals surface area contributed by atoms with Gasteiger partial charge in [0.15, 0.2) is 4.77 Å². The molecule has 0 bridgehead atoms. The van der Waals surface area contributed by atoms with Gasteiger partial charge in [0.25, 0.3) is 0 Å². The summed E-state index contributed by atoms with van der Waals surface area (Å²) < 4.78 is 7.29. The van der Waals surface area contributed by atoms with E-state index in [0.717, 1.165) is 5.69 Å². The minimum atomic E-state index is -0.341. The number of nitrogens with one attached hydrogen (secondary N) is 1. The smallest absolute Gasteiger partial charge is 0.340 e. The second-order valence-corrected chi connectivity index (χ2v) is 3.76. The summed E-state index contributed by atoms with van der Waals surface area (Å²) in [6.45, 7) is 2.13. The van der Waals surface area contributed by atoms with Crippen molar-refractivity contribution in [3.8, 4) is 5.69 Å². The first-order valence-electron chi connectivity index (χ1n) is 5.26. The van der Waals surface area contributed by atoms with Crippen LogP contribution in [0.2, 0.25) is 0 Å². The molecule has 1 aromatic heterocycles. The minimum Gasteiger partial charge on any atom is -0.462 e. The first kappa shape index (κ1) is 11.6. The van der Waals surface area contributed by atoms with Crippen LogP contribution in [0.25, 0.3) is 5.69 Å². The Morgan fingerprint density at radius 1 is 1.47 bits per heavy atom. The van der Waals surface area contributed by atoms with Crippen molar-refractivity contribution in [1.82, 2.24) is 9.55 Å². The van der Waals surface area contributed by atoms with Crippen LogP contribution in [-0.4, -0.2) is 22.1 Å². The number of aromatic nitrogens is 2. The van der Waals surface area contributed by atoms with Crippen LogP contribution in [0.5, 0.6) is 0 Å². The third-order valence-electron chi connectivity index (χ3n) is 2.31. The molecule has 0 saturated heterocycles. The molecule has 5 heteroatoms. The van der Waals surface area contributed by atoms with Crippen molar-refractivity contribution in [3.63, 3.8) is 0 Å². The zero-order chi connectivity index (χ0) is 12.3. The molecule has 1 heterocycles. The molecule has 0 spiro atoms. The van der Waals surface area contributed by atoms with Crippen LogP contribution in [0.1, 0.15) is 17.3 Å². The number of H-pyrrole nitrogens is 1. The number of esters is 1. The van der Waals surface area contributed by atoms with E-state index in [2.05, 4.69) is 4.98 Å². The van der Waals surface area contributed by atoms with Crippen LogP contribution < -0.4 is 0 Å². The minimum absolute atomic E-state index is 0.341. The van der Waals surface area contributed by atoms with Crippen molar-refractivity contribution in [1.29, 1.82) is 0 Å². The zero-order valence-electron chi connectivity index (χ0n) is 9.34. The van der Waals surface area contributed by atoms with Crippen molar-refractivity contribution in [3.05, 3.63) is 47.0 Å². The highest BCUT2D eigenvalue weighted by atomic mass is 32.1. The Morgan fingerprint density at radius 2 is 2.24 bits per heavy atom. The standard InChI is InChI=1S/C12H12N2O2S/c1-2-16-11(15)9-5-3-4-6-10(9)14-8-7-13-12(14)17/h3-8H,2H2,1H3,(H,13,17). The number of aromatic amines is 1. The van der Waals surface area contributed by atoms with E-state index in [4.69, 9.17) is 17.0 Å². The van der Waals surface area contributed by atoms with Crippen LogP contribution in [0.4, 0.5) is 0 Å². The van der Waals surface area contributed by atoms with Gasteiger partial charge in [0, 0.05) is 12.4 Å². The lowest BCUT2D eigenvalue weighted by Gasteiger charge is -2.08. The third kappa shape index (κ3) is 2.29. The molecule has 4 nitrogen and oxygen atoms in total. The molecule has 0 amide bonds. The quantitative estimate of drug-likeness (QED) is 0.671. The molecule has 0 aliphatic rings. The van der Waals surface area contributed by atoms with E-state index in [1.54, 1.807) is 36.0 Å². The lowest BCUT2D eigenvalue weighted by atomic mass is 10.2. The van der Waals surface area contributed by atoms with E-state index in [-0.39, 0.29) is 5.97 Å². The Labute approximate surface area is 104 Å². The molecular weight excluding hydrogens is 236 g/mol. The Kier molecular flexibility index (Phi) is 3.39. The van der Waals surface area contributed by atoms with Gasteiger partial charge in [0.2, 0.25) is 0 Å². The van der Waals surface area contributed by atoms with Gasteiger partial charge in [-0.25, -0.2) is 4.79 Å². The van der Waals surface area contributed by atoms with Gasteiger partial charge in [-0.05, 0) is 31.3 Å². The first-order chi connectivity index (χ1) is 8.24. The Morgan fingerprint density at radius 3 is 2.88 bits per heavy atom. The first-order valence-corrected chi connectivity index (χ1v) is 5.67. The summed E-state index contributed by atoms with van der Waals surface area (Å²) in [4.78, 5) is 14.7. The number of nitrogens with zero attached hydrogens (tertiary/aromatic N) is 1. The maximum Gasteiger partial charge on any atom is 0.340 e. The lowest BCUT2D eigenvalue weighted by molar-refractivity contribution is 0.0526. The number of ether oxygens (including phenoxy) is 1. The highest BCUT2D eigenvalue weighted by molar-refractivity contribution is 7.71. The highest BCUT2D eigenvalue weighted by Crippen LogP contribution is 2.15. The molecule has 0 aliphatic heterocycles. The van der Waals surface area contributed by atoms with Crippen LogP contribution in [0, 0.1) is 4.77 Å². The fourth-order valence-electron chi connectivity index (χ4n) is 1.58. The third-order valence-corrected chi connectivity index (χ3v) is 2.62. The average Bonchev–Trinajstić information content (AvgIpc) is 2.76. The summed E-state index contributed by atoms with van der Waals surface area (Å²) in [6, 6.07) is 7.21. The molecule has 88 valence electrons. The fraction of sp³-hybridized carbons (Fsp3) is 0.167. The van der Waals surface area contributed by atoms with E-state index in [9.17, 15) is 4.79 Å². The van der Waals surface area contributed by atoms with Crippen molar-refractivity contribution in [2.45, 2.75) is 6.92 Å². The van der Waals surface area contributed by atoms with Gasteiger partial charge in [-0.2, -0.15) is 0 Å². The maximum absolute atomic E-state index is 11.8. The summed E-state index contributed by atoms with van der Waals surface area (Å²) in [5.74, 6) is -0.341. The predicted octanol–water partition coefficient (Wildman–Crippen LogP) is 2.71. The highest BCUT2D eigenvalue weighted by Gasteiger charge is 2.13. The van der Waals surface area contributed by atoms with E-state index < -0.39 is 0 Å². The fourth-order valence-corrected chi connectivity index (χ4v) is 1.80. The summed E-state index contributed by atoms with van der Waals surface area (Å²) in [5, 5.41) is 0. The zero-order valence-corrected chi connectivity index (χ0v) is 10.2. The molecule has 2 rings (SSSR count). The molecule has 0 aliphatic carbocycles. The Hall–Kier alpha value is -1.88. The normalized spacial score (nSPS) is 10.2. The predicted molar refractivity (Wildman–Crippen MR) is 66.9 cm³/mol. The van der Waals surface area contributed by atoms with Gasteiger partial charge in [-0.3, -0.25) is 4.57 Å². The van der Waals surface area contributed by atoms with Gasteiger partial charge in [-0.15, -0.1) is 0 Å². The van der Waals surface area contributed by atoms with E-state index in [1.807, 2.05) is 12.1 Å². The number of rotatable bonds is 3. The molecule has 0 atom stereocenters. The van der Waals surface area contributed by atoms with Crippen LogP contribution in [0.3, 0.4) is 0 Å².